The van der Waals surface area contributed by atoms with Crippen molar-refractivity contribution < 1.29 is 9.53 Å². The van der Waals surface area contributed by atoms with Gasteiger partial charge < -0.3 is 14.6 Å². The molecule has 1 aromatic carbocycles. The number of benzene rings is 1. The number of ether oxygens (including phenoxy) is 1. The maximum atomic E-state index is 12.3. The molecule has 1 atom stereocenters. The first kappa shape index (κ1) is 14.6. The predicted octanol–water partition coefficient (Wildman–Crippen LogP) is 1.69. The Hall–Kier alpha value is -2.37. The lowest BCUT2D eigenvalue weighted by Gasteiger charge is -2.12. The van der Waals surface area contributed by atoms with E-state index < -0.39 is 0 Å². The van der Waals surface area contributed by atoms with Crippen LogP contribution in [0.15, 0.2) is 30.6 Å². The molecular weight excluding hydrogens is 280 g/mol. The fourth-order valence-corrected chi connectivity index (χ4v) is 2.69. The highest BCUT2D eigenvalue weighted by Gasteiger charge is 2.29. The summed E-state index contributed by atoms with van der Waals surface area (Å²) < 4.78 is 7.53. The van der Waals surface area contributed by atoms with Crippen LogP contribution in [0.5, 0.6) is 5.75 Å². The minimum Gasteiger partial charge on any atom is -0.492 e. The van der Waals surface area contributed by atoms with Crippen molar-refractivity contribution in [3.63, 3.8) is 0 Å². The first-order valence-corrected chi connectivity index (χ1v) is 7.54. The molecule has 0 spiro atoms. The second-order valence-corrected chi connectivity index (χ2v) is 5.73. The van der Waals surface area contributed by atoms with Crippen molar-refractivity contribution in [2.45, 2.75) is 32.2 Å². The molecule has 0 saturated carbocycles. The van der Waals surface area contributed by atoms with Crippen LogP contribution in [0.2, 0.25) is 0 Å². The summed E-state index contributed by atoms with van der Waals surface area (Å²) in [6.45, 7) is 5.78. The number of carbonyl (C=O) groups is 1. The molecule has 1 aromatic heterocycles. The number of para-hydroxylation sites is 1. The van der Waals surface area contributed by atoms with Gasteiger partial charge in [-0.25, -0.2) is 0 Å². The van der Waals surface area contributed by atoms with Crippen molar-refractivity contribution in [1.29, 1.82) is 0 Å². The number of amides is 1. The van der Waals surface area contributed by atoms with Gasteiger partial charge in [-0.2, -0.15) is 0 Å². The SMILES string of the molecule is CC(C)c1nncn1CCNC(=O)C1COc2ccccc21. The van der Waals surface area contributed by atoms with E-state index in [1.54, 1.807) is 6.33 Å². The molecule has 6 heteroatoms. The Morgan fingerprint density at radius 2 is 2.27 bits per heavy atom. The van der Waals surface area contributed by atoms with E-state index in [-0.39, 0.29) is 11.8 Å². The van der Waals surface area contributed by atoms with Crippen molar-refractivity contribution in [1.82, 2.24) is 20.1 Å². The lowest BCUT2D eigenvalue weighted by molar-refractivity contribution is -0.122. The second kappa shape index (κ2) is 6.17. The highest BCUT2D eigenvalue weighted by atomic mass is 16.5. The van der Waals surface area contributed by atoms with Crippen LogP contribution < -0.4 is 10.1 Å². The van der Waals surface area contributed by atoms with Crippen LogP contribution in [0.1, 0.15) is 37.1 Å². The summed E-state index contributed by atoms with van der Waals surface area (Å²) in [5.41, 5.74) is 0.965. The van der Waals surface area contributed by atoms with Crippen molar-refractivity contribution in [3.8, 4) is 5.75 Å². The first-order chi connectivity index (χ1) is 10.7. The van der Waals surface area contributed by atoms with E-state index in [4.69, 9.17) is 4.74 Å². The summed E-state index contributed by atoms with van der Waals surface area (Å²) in [6.07, 6.45) is 1.70. The molecule has 1 aliphatic heterocycles. The molecule has 1 N–H and O–H groups in total. The average molecular weight is 300 g/mol. The Kier molecular flexibility index (Phi) is 4.09. The van der Waals surface area contributed by atoms with Crippen molar-refractivity contribution in [2.24, 2.45) is 0 Å². The molecule has 1 unspecified atom stereocenters. The Morgan fingerprint density at radius 1 is 1.45 bits per heavy atom. The fourth-order valence-electron chi connectivity index (χ4n) is 2.69. The molecule has 2 heterocycles. The van der Waals surface area contributed by atoms with Crippen LogP contribution >= 0.6 is 0 Å². The third-order valence-corrected chi connectivity index (χ3v) is 3.83. The van der Waals surface area contributed by atoms with Gasteiger partial charge in [-0.1, -0.05) is 32.0 Å². The van der Waals surface area contributed by atoms with Crippen LogP contribution in [0, 0.1) is 0 Å². The topological polar surface area (TPSA) is 69.0 Å². The molecule has 116 valence electrons. The predicted molar refractivity (Wildman–Crippen MR) is 81.8 cm³/mol. The van der Waals surface area contributed by atoms with Gasteiger partial charge in [0.1, 0.15) is 30.4 Å². The van der Waals surface area contributed by atoms with Gasteiger partial charge in [0.25, 0.3) is 0 Å². The van der Waals surface area contributed by atoms with Crippen molar-refractivity contribution >= 4 is 5.91 Å². The Bertz CT molecular complexity index is 666. The summed E-state index contributed by atoms with van der Waals surface area (Å²) in [4.78, 5) is 12.3. The Labute approximate surface area is 129 Å². The molecule has 0 fully saturated rings. The van der Waals surface area contributed by atoms with Crippen LogP contribution in [0.25, 0.3) is 0 Å². The fraction of sp³-hybridized carbons (Fsp3) is 0.438. The minimum absolute atomic E-state index is 0.00382. The number of hydrogen-bond donors (Lipinski definition) is 1. The van der Waals surface area contributed by atoms with Crippen molar-refractivity contribution in [3.05, 3.63) is 42.0 Å². The number of aromatic nitrogens is 3. The van der Waals surface area contributed by atoms with Crippen LogP contribution in [-0.4, -0.2) is 33.8 Å². The van der Waals surface area contributed by atoms with E-state index in [0.29, 0.717) is 25.6 Å². The normalized spacial score (nSPS) is 16.4. The van der Waals surface area contributed by atoms with Gasteiger partial charge in [-0.3, -0.25) is 4.79 Å². The molecule has 0 aliphatic carbocycles. The van der Waals surface area contributed by atoms with E-state index in [1.165, 1.54) is 0 Å². The van der Waals surface area contributed by atoms with Gasteiger partial charge in [-0.05, 0) is 6.07 Å². The smallest absolute Gasteiger partial charge is 0.231 e. The van der Waals surface area contributed by atoms with Gasteiger partial charge in [-0.15, -0.1) is 10.2 Å². The maximum Gasteiger partial charge on any atom is 0.231 e. The zero-order chi connectivity index (χ0) is 15.5. The Morgan fingerprint density at radius 3 is 3.09 bits per heavy atom. The molecule has 1 aliphatic rings. The van der Waals surface area contributed by atoms with E-state index >= 15 is 0 Å². The molecule has 3 rings (SSSR count). The average Bonchev–Trinajstić information content (AvgIpc) is 3.13. The lowest BCUT2D eigenvalue weighted by Crippen LogP contribution is -2.32. The van der Waals surface area contributed by atoms with Crippen molar-refractivity contribution in [2.75, 3.05) is 13.2 Å². The van der Waals surface area contributed by atoms with Crippen LogP contribution in [0.3, 0.4) is 0 Å². The first-order valence-electron chi connectivity index (χ1n) is 7.54. The van der Waals surface area contributed by atoms with E-state index in [9.17, 15) is 4.79 Å². The van der Waals surface area contributed by atoms with E-state index in [1.807, 2.05) is 28.8 Å². The molecule has 0 saturated heterocycles. The van der Waals surface area contributed by atoms with Crippen LogP contribution in [0.4, 0.5) is 0 Å². The second-order valence-electron chi connectivity index (χ2n) is 5.73. The van der Waals surface area contributed by atoms with E-state index in [2.05, 4.69) is 29.4 Å². The third-order valence-electron chi connectivity index (χ3n) is 3.83. The number of hydrogen-bond acceptors (Lipinski definition) is 4. The molecule has 2 aromatic rings. The zero-order valence-electron chi connectivity index (χ0n) is 12.8. The summed E-state index contributed by atoms with van der Waals surface area (Å²) in [7, 11) is 0. The molecular formula is C16H20N4O2. The zero-order valence-corrected chi connectivity index (χ0v) is 12.8. The standard InChI is InChI=1S/C16H20N4O2/c1-11(2)15-19-18-10-20(15)8-7-17-16(21)13-9-22-14-6-4-3-5-12(13)14/h3-6,10-11,13H,7-9H2,1-2H3,(H,17,21). The maximum absolute atomic E-state index is 12.3. The highest BCUT2D eigenvalue weighted by Crippen LogP contribution is 2.33. The molecule has 1 amide bonds. The highest BCUT2D eigenvalue weighted by molar-refractivity contribution is 5.85. The van der Waals surface area contributed by atoms with E-state index in [0.717, 1.165) is 17.1 Å². The molecule has 6 nitrogen and oxygen atoms in total. The molecule has 22 heavy (non-hydrogen) atoms. The molecule has 0 radical (unpaired) electrons. The number of nitrogens with zero attached hydrogens (tertiary/aromatic N) is 3. The van der Waals surface area contributed by atoms with Gasteiger partial charge in [0, 0.05) is 24.6 Å². The van der Waals surface area contributed by atoms with Gasteiger partial charge in [0.2, 0.25) is 5.91 Å². The number of rotatable bonds is 5. The Balaban J connectivity index is 1.56. The van der Waals surface area contributed by atoms with Gasteiger partial charge >= 0.3 is 0 Å². The summed E-state index contributed by atoms with van der Waals surface area (Å²) in [5.74, 6) is 1.84. The monoisotopic (exact) mass is 300 g/mol. The minimum atomic E-state index is -0.221. The van der Waals surface area contributed by atoms with Gasteiger partial charge in [0.15, 0.2) is 0 Å². The third kappa shape index (κ3) is 2.81. The number of fused-ring (bicyclic) bond motifs is 1. The van der Waals surface area contributed by atoms with Gasteiger partial charge in [0.05, 0.1) is 0 Å². The summed E-state index contributed by atoms with van der Waals surface area (Å²) in [5, 5.41) is 11.0. The quantitative estimate of drug-likeness (QED) is 0.912. The van der Waals surface area contributed by atoms with Crippen LogP contribution in [-0.2, 0) is 11.3 Å². The summed E-state index contributed by atoms with van der Waals surface area (Å²) >= 11 is 0. The number of nitrogens with one attached hydrogen (secondary N) is 1. The lowest BCUT2D eigenvalue weighted by atomic mass is 10.0. The number of carbonyl (C=O) groups excluding carboxylic acids is 1. The summed E-state index contributed by atoms with van der Waals surface area (Å²) in [6, 6.07) is 7.69. The molecule has 0 bridgehead atoms. The largest absolute Gasteiger partial charge is 0.492 e.